The van der Waals surface area contributed by atoms with E-state index in [9.17, 15) is 22.8 Å². The number of halogens is 3. The normalized spacial score (nSPS) is 16.8. The fraction of sp³-hybridized carbons (Fsp3) is 0.385. The molecule has 2 amide bonds. The van der Waals surface area contributed by atoms with Crippen LogP contribution < -0.4 is 9.80 Å². The molecule has 36 heavy (non-hydrogen) atoms. The molecule has 1 saturated heterocycles. The maximum Gasteiger partial charge on any atom is 0.407 e. The SMILES string of the molecule is [C-]#[N+]c1ccc(N2C(=O)C3(CCC3)N(c3ccc(CCCC(=O)N(C)C)cc3)C2=S)cc1C(F)(F)F. The van der Waals surface area contributed by atoms with Crippen LogP contribution >= 0.6 is 12.2 Å². The maximum absolute atomic E-state index is 13.6. The first-order valence-corrected chi connectivity index (χ1v) is 12.0. The number of benzene rings is 2. The van der Waals surface area contributed by atoms with E-state index in [1.54, 1.807) is 23.9 Å². The first kappa shape index (κ1) is 25.6. The summed E-state index contributed by atoms with van der Waals surface area (Å²) in [6.07, 6.45) is -0.969. The Bertz CT molecular complexity index is 1250. The highest BCUT2D eigenvalue weighted by Gasteiger charge is 2.59. The molecule has 1 aliphatic carbocycles. The Labute approximate surface area is 213 Å². The third-order valence-electron chi connectivity index (χ3n) is 6.81. The number of alkyl halides is 3. The molecule has 0 unspecified atom stereocenters. The van der Waals surface area contributed by atoms with E-state index in [1.165, 1.54) is 6.07 Å². The Morgan fingerprint density at radius 2 is 1.78 bits per heavy atom. The van der Waals surface area contributed by atoms with Gasteiger partial charge in [-0.1, -0.05) is 18.2 Å². The Morgan fingerprint density at radius 3 is 2.31 bits per heavy atom. The van der Waals surface area contributed by atoms with E-state index in [2.05, 4.69) is 4.85 Å². The second-order valence-corrected chi connectivity index (χ2v) is 9.63. The standard InChI is InChI=1S/C26H25F3N4O2S/c1-30-21-13-12-19(16-20(21)26(27,28)29)32-23(35)25(14-5-15-25)33(24(32)36)18-10-8-17(9-11-18)6-4-7-22(34)31(2)3/h8-13,16H,4-7,14-15H2,2-3H3. The van der Waals surface area contributed by atoms with Gasteiger partial charge in [0.15, 0.2) is 10.8 Å². The van der Waals surface area contributed by atoms with Crippen molar-refractivity contribution in [2.45, 2.75) is 50.2 Å². The van der Waals surface area contributed by atoms with Crippen molar-refractivity contribution in [2.75, 3.05) is 23.9 Å². The number of amides is 2. The molecular formula is C26H25F3N4O2S. The molecular weight excluding hydrogens is 489 g/mol. The van der Waals surface area contributed by atoms with Gasteiger partial charge in [0.05, 0.1) is 12.1 Å². The lowest BCUT2D eigenvalue weighted by Crippen LogP contribution is -2.55. The number of carbonyl (C=O) groups excluding carboxylic acids is 2. The van der Waals surface area contributed by atoms with Crippen molar-refractivity contribution in [1.82, 2.24) is 4.90 Å². The fourth-order valence-corrected chi connectivity index (χ4v) is 5.14. The van der Waals surface area contributed by atoms with Gasteiger partial charge in [0.1, 0.15) is 5.54 Å². The molecule has 10 heteroatoms. The lowest BCUT2D eigenvalue weighted by molar-refractivity contribution is -0.137. The predicted octanol–water partition coefficient (Wildman–Crippen LogP) is 5.73. The summed E-state index contributed by atoms with van der Waals surface area (Å²) in [5.74, 6) is -0.286. The highest BCUT2D eigenvalue weighted by molar-refractivity contribution is 7.81. The highest BCUT2D eigenvalue weighted by Crippen LogP contribution is 2.48. The minimum absolute atomic E-state index is 0.000629. The summed E-state index contributed by atoms with van der Waals surface area (Å²) in [7, 11) is 3.44. The zero-order chi connectivity index (χ0) is 26.3. The summed E-state index contributed by atoms with van der Waals surface area (Å²) in [4.78, 5) is 32.8. The van der Waals surface area contributed by atoms with Gasteiger partial charge in [-0.2, -0.15) is 13.2 Å². The quantitative estimate of drug-likeness (QED) is 0.365. The summed E-state index contributed by atoms with van der Waals surface area (Å²) in [5.41, 5.74) is -0.817. The molecule has 1 saturated carbocycles. The summed E-state index contributed by atoms with van der Waals surface area (Å²) in [6.45, 7) is 7.06. The van der Waals surface area contributed by atoms with Crippen LogP contribution in [0.3, 0.4) is 0 Å². The number of carbonyl (C=O) groups is 2. The van der Waals surface area contributed by atoms with E-state index in [4.69, 9.17) is 18.8 Å². The number of hydrogen-bond donors (Lipinski definition) is 0. The second kappa shape index (κ2) is 9.54. The molecule has 1 aliphatic heterocycles. The highest BCUT2D eigenvalue weighted by atomic mass is 32.1. The van der Waals surface area contributed by atoms with E-state index in [0.29, 0.717) is 37.8 Å². The Hall–Kier alpha value is -3.45. The number of thiocarbonyl (C=S) groups is 1. The van der Waals surface area contributed by atoms with Gasteiger partial charge in [0, 0.05) is 31.9 Å². The molecule has 2 aliphatic rings. The van der Waals surface area contributed by atoms with Gasteiger partial charge in [-0.25, -0.2) is 4.85 Å². The maximum atomic E-state index is 13.6. The number of aryl methyl sites for hydroxylation is 1. The topological polar surface area (TPSA) is 48.2 Å². The number of anilines is 2. The Kier molecular flexibility index (Phi) is 6.80. The molecule has 6 nitrogen and oxygen atoms in total. The van der Waals surface area contributed by atoms with Crippen LogP contribution in [0.4, 0.5) is 30.2 Å². The van der Waals surface area contributed by atoms with Crippen LogP contribution in [0.15, 0.2) is 42.5 Å². The first-order chi connectivity index (χ1) is 17.0. The molecule has 1 heterocycles. The van der Waals surface area contributed by atoms with E-state index in [0.717, 1.165) is 29.0 Å². The third kappa shape index (κ3) is 4.44. The smallest absolute Gasteiger partial charge is 0.349 e. The number of rotatable bonds is 6. The Morgan fingerprint density at radius 1 is 1.14 bits per heavy atom. The molecule has 1 spiro atoms. The van der Waals surface area contributed by atoms with Crippen molar-refractivity contribution in [2.24, 2.45) is 0 Å². The van der Waals surface area contributed by atoms with Gasteiger partial charge in [0.25, 0.3) is 5.91 Å². The molecule has 0 N–H and O–H groups in total. The second-order valence-electron chi connectivity index (χ2n) is 9.26. The summed E-state index contributed by atoms with van der Waals surface area (Å²) in [6, 6.07) is 10.8. The average Bonchev–Trinajstić information content (AvgIpc) is 3.05. The van der Waals surface area contributed by atoms with E-state index < -0.39 is 23.0 Å². The number of hydrogen-bond acceptors (Lipinski definition) is 3. The van der Waals surface area contributed by atoms with E-state index in [1.807, 2.05) is 24.3 Å². The summed E-state index contributed by atoms with van der Waals surface area (Å²) in [5, 5.41) is 0.118. The van der Waals surface area contributed by atoms with Crippen molar-refractivity contribution in [3.8, 4) is 0 Å². The van der Waals surface area contributed by atoms with Crippen LogP contribution in [0, 0.1) is 6.57 Å². The van der Waals surface area contributed by atoms with E-state index in [-0.39, 0.29) is 22.6 Å². The fourth-order valence-electron chi connectivity index (χ4n) is 4.67. The number of nitrogens with zero attached hydrogens (tertiary/aromatic N) is 4. The van der Waals surface area contributed by atoms with Crippen molar-refractivity contribution < 1.29 is 22.8 Å². The van der Waals surface area contributed by atoms with Crippen molar-refractivity contribution in [3.05, 3.63) is 65.0 Å². The molecule has 0 bridgehead atoms. The van der Waals surface area contributed by atoms with Crippen LogP contribution in [0.2, 0.25) is 0 Å². The van der Waals surface area contributed by atoms with E-state index >= 15 is 0 Å². The molecule has 4 rings (SSSR count). The van der Waals surface area contributed by atoms with Crippen LogP contribution in [-0.4, -0.2) is 41.5 Å². The van der Waals surface area contributed by atoms with Gasteiger partial charge in [-0.3, -0.25) is 14.5 Å². The van der Waals surface area contributed by atoms with Crippen LogP contribution in [-0.2, 0) is 22.2 Å². The van der Waals surface area contributed by atoms with Gasteiger partial charge < -0.3 is 9.80 Å². The first-order valence-electron chi connectivity index (χ1n) is 11.6. The van der Waals surface area contributed by atoms with Crippen LogP contribution in [0.5, 0.6) is 0 Å². The summed E-state index contributed by atoms with van der Waals surface area (Å²) >= 11 is 5.65. The molecule has 2 aromatic rings. The van der Waals surface area contributed by atoms with Crippen molar-refractivity contribution in [1.29, 1.82) is 0 Å². The van der Waals surface area contributed by atoms with Gasteiger partial charge >= 0.3 is 6.18 Å². The van der Waals surface area contributed by atoms with Gasteiger partial charge in [-0.15, -0.1) is 0 Å². The zero-order valence-electron chi connectivity index (χ0n) is 19.9. The minimum Gasteiger partial charge on any atom is -0.349 e. The molecule has 0 radical (unpaired) electrons. The zero-order valence-corrected chi connectivity index (χ0v) is 20.7. The van der Waals surface area contributed by atoms with Crippen LogP contribution in [0.25, 0.3) is 4.85 Å². The predicted molar refractivity (Wildman–Crippen MR) is 135 cm³/mol. The average molecular weight is 515 g/mol. The molecule has 2 fully saturated rings. The Balaban J connectivity index is 1.61. The lowest BCUT2D eigenvalue weighted by Gasteiger charge is -2.43. The van der Waals surface area contributed by atoms with Gasteiger partial charge in [-0.05, 0) is 74.2 Å². The van der Waals surface area contributed by atoms with Crippen molar-refractivity contribution >= 4 is 46.2 Å². The molecule has 0 aromatic heterocycles. The molecule has 2 aromatic carbocycles. The minimum atomic E-state index is -4.74. The lowest BCUT2D eigenvalue weighted by atomic mass is 9.75. The summed E-state index contributed by atoms with van der Waals surface area (Å²) < 4.78 is 40.7. The van der Waals surface area contributed by atoms with Crippen LogP contribution in [0.1, 0.15) is 43.2 Å². The largest absolute Gasteiger partial charge is 0.407 e. The van der Waals surface area contributed by atoms with Crippen molar-refractivity contribution in [3.63, 3.8) is 0 Å². The molecule has 0 atom stereocenters. The third-order valence-corrected chi connectivity index (χ3v) is 7.17. The van der Waals surface area contributed by atoms with Gasteiger partial charge in [0.2, 0.25) is 5.91 Å². The molecule has 188 valence electrons. The monoisotopic (exact) mass is 514 g/mol.